The molecule has 6 heteroatoms. The van der Waals surface area contributed by atoms with Gasteiger partial charge in [0.2, 0.25) is 0 Å². The van der Waals surface area contributed by atoms with Crippen LogP contribution in [0.2, 0.25) is 0 Å². The van der Waals surface area contributed by atoms with Crippen LogP contribution in [0.1, 0.15) is 35.7 Å². The van der Waals surface area contributed by atoms with Crippen molar-refractivity contribution in [2.75, 3.05) is 18.1 Å². The van der Waals surface area contributed by atoms with Crippen molar-refractivity contribution in [3.63, 3.8) is 0 Å². The van der Waals surface area contributed by atoms with Gasteiger partial charge < -0.3 is 4.74 Å². The van der Waals surface area contributed by atoms with E-state index < -0.39 is 30.0 Å². The molecule has 1 aromatic rings. The summed E-state index contributed by atoms with van der Waals surface area (Å²) in [5.74, 6) is -3.04. The van der Waals surface area contributed by atoms with Crippen molar-refractivity contribution in [1.29, 1.82) is 0 Å². The van der Waals surface area contributed by atoms with Crippen LogP contribution in [0.25, 0.3) is 0 Å². The summed E-state index contributed by atoms with van der Waals surface area (Å²) in [6.45, 7) is 3.36. The number of ketones is 1. The Morgan fingerprint density at radius 3 is 2.71 bits per heavy atom. The van der Waals surface area contributed by atoms with Gasteiger partial charge in [0.25, 0.3) is 11.7 Å². The van der Waals surface area contributed by atoms with Crippen molar-refractivity contribution in [2.24, 2.45) is 0 Å². The zero-order chi connectivity index (χ0) is 15.6. The highest BCUT2D eigenvalue weighted by molar-refractivity contribution is 6.52. The minimum absolute atomic E-state index is 0.00106. The molecule has 0 unspecified atom stereocenters. The number of anilines is 1. The van der Waals surface area contributed by atoms with Gasteiger partial charge in [0.15, 0.2) is 0 Å². The second-order valence-electron chi connectivity index (χ2n) is 4.94. The number of fused-ring (bicyclic) bond motifs is 1. The Hall–Kier alpha value is -2.24. The number of amides is 1. The van der Waals surface area contributed by atoms with Crippen molar-refractivity contribution < 1.29 is 23.5 Å². The highest BCUT2D eigenvalue weighted by Crippen LogP contribution is 2.32. The lowest BCUT2D eigenvalue weighted by atomic mass is 10.1. The molecule has 1 heterocycles. The topological polar surface area (TPSA) is 63.7 Å². The molecule has 1 aromatic carbocycles. The van der Waals surface area contributed by atoms with Crippen molar-refractivity contribution in [1.82, 2.24) is 0 Å². The van der Waals surface area contributed by atoms with E-state index in [2.05, 4.69) is 0 Å². The third-order valence-electron chi connectivity index (χ3n) is 3.21. The molecule has 0 atom stereocenters. The number of hydrogen-bond donors (Lipinski definition) is 0. The number of rotatable bonds is 5. The SMILES string of the molecule is CCCCOC(=O)CN1C(=O)C(=O)c2cc(C)cc(F)c21. The zero-order valence-electron chi connectivity index (χ0n) is 11.9. The normalized spacial score (nSPS) is 13.6. The molecule has 0 aliphatic carbocycles. The molecule has 0 fully saturated rings. The number of hydrogen-bond acceptors (Lipinski definition) is 4. The Morgan fingerprint density at radius 2 is 2.05 bits per heavy atom. The molecule has 2 rings (SSSR count). The van der Waals surface area contributed by atoms with Crippen molar-refractivity contribution >= 4 is 23.3 Å². The minimum Gasteiger partial charge on any atom is -0.464 e. The number of Topliss-reactive ketones (excluding diaryl/α,β-unsaturated/α-hetero) is 1. The second kappa shape index (κ2) is 6.03. The number of aryl methyl sites for hydroxylation is 1. The summed E-state index contributed by atoms with van der Waals surface area (Å²) in [6.07, 6.45) is 1.58. The fourth-order valence-electron chi connectivity index (χ4n) is 2.18. The van der Waals surface area contributed by atoms with Crippen LogP contribution in [0.4, 0.5) is 10.1 Å². The molecule has 0 aromatic heterocycles. The van der Waals surface area contributed by atoms with Crippen LogP contribution in [0.5, 0.6) is 0 Å². The van der Waals surface area contributed by atoms with Gasteiger partial charge in [-0.2, -0.15) is 0 Å². The molecule has 0 radical (unpaired) electrons. The van der Waals surface area contributed by atoms with E-state index in [-0.39, 0.29) is 17.9 Å². The van der Waals surface area contributed by atoms with Crippen LogP contribution in [0.15, 0.2) is 12.1 Å². The van der Waals surface area contributed by atoms with E-state index in [1.807, 2.05) is 6.92 Å². The first-order valence-electron chi connectivity index (χ1n) is 6.77. The van der Waals surface area contributed by atoms with Gasteiger partial charge in [0, 0.05) is 0 Å². The van der Waals surface area contributed by atoms with Crippen molar-refractivity contribution in [2.45, 2.75) is 26.7 Å². The summed E-state index contributed by atoms with van der Waals surface area (Å²) in [6, 6.07) is 2.67. The Kier molecular flexibility index (Phi) is 4.35. The molecule has 0 spiro atoms. The Bertz CT molecular complexity index is 612. The number of carbonyl (C=O) groups is 3. The lowest BCUT2D eigenvalue weighted by Crippen LogP contribution is -2.36. The second-order valence-corrected chi connectivity index (χ2v) is 4.94. The maximum absolute atomic E-state index is 14.0. The van der Waals surface area contributed by atoms with E-state index in [0.29, 0.717) is 12.0 Å². The van der Waals surface area contributed by atoms with Crippen LogP contribution in [-0.4, -0.2) is 30.8 Å². The van der Waals surface area contributed by atoms with E-state index in [9.17, 15) is 18.8 Å². The van der Waals surface area contributed by atoms with E-state index in [0.717, 1.165) is 11.3 Å². The molecule has 21 heavy (non-hydrogen) atoms. The van der Waals surface area contributed by atoms with E-state index >= 15 is 0 Å². The van der Waals surface area contributed by atoms with Gasteiger partial charge in [-0.1, -0.05) is 13.3 Å². The molecule has 1 aliphatic heterocycles. The fourth-order valence-corrected chi connectivity index (χ4v) is 2.18. The summed E-state index contributed by atoms with van der Waals surface area (Å²) in [5.41, 5.74) is 0.404. The molecule has 0 N–H and O–H groups in total. The zero-order valence-corrected chi connectivity index (χ0v) is 11.9. The van der Waals surface area contributed by atoms with Crippen molar-refractivity contribution in [3.05, 3.63) is 29.1 Å². The Balaban J connectivity index is 2.21. The number of ether oxygens (including phenoxy) is 1. The van der Waals surface area contributed by atoms with Crippen LogP contribution in [0, 0.1) is 12.7 Å². The third kappa shape index (κ3) is 2.94. The molecule has 1 amide bonds. The summed E-state index contributed by atoms with van der Waals surface area (Å²) in [4.78, 5) is 36.2. The van der Waals surface area contributed by atoms with Gasteiger partial charge >= 0.3 is 5.97 Å². The van der Waals surface area contributed by atoms with Gasteiger partial charge in [0.05, 0.1) is 17.9 Å². The number of nitrogens with zero attached hydrogens (tertiary/aromatic N) is 1. The van der Waals surface area contributed by atoms with Gasteiger partial charge in [0.1, 0.15) is 12.4 Å². The predicted molar refractivity (Wildman–Crippen MR) is 73.7 cm³/mol. The summed E-state index contributed by atoms with van der Waals surface area (Å²) < 4.78 is 18.9. The average Bonchev–Trinajstić information content (AvgIpc) is 2.64. The fraction of sp³-hybridized carbons (Fsp3) is 0.400. The monoisotopic (exact) mass is 293 g/mol. The smallest absolute Gasteiger partial charge is 0.326 e. The molecular weight excluding hydrogens is 277 g/mol. The molecule has 0 bridgehead atoms. The minimum atomic E-state index is -0.901. The standard InChI is InChI=1S/C15H16FNO4/c1-3-4-5-21-12(18)8-17-13-10(14(19)15(17)20)6-9(2)7-11(13)16/h6-7H,3-5,8H2,1-2H3. The number of halogens is 1. The van der Waals surface area contributed by atoms with Gasteiger partial charge in [-0.05, 0) is 31.0 Å². The lowest BCUT2D eigenvalue weighted by molar-refractivity contribution is -0.142. The van der Waals surface area contributed by atoms with Crippen LogP contribution >= 0.6 is 0 Å². The first-order chi connectivity index (χ1) is 9.95. The van der Waals surface area contributed by atoms with E-state index in [1.54, 1.807) is 6.92 Å². The lowest BCUT2D eigenvalue weighted by Gasteiger charge is -2.16. The van der Waals surface area contributed by atoms with Crippen LogP contribution in [0.3, 0.4) is 0 Å². The molecule has 5 nitrogen and oxygen atoms in total. The molecule has 112 valence electrons. The van der Waals surface area contributed by atoms with Gasteiger partial charge in [-0.15, -0.1) is 0 Å². The van der Waals surface area contributed by atoms with Gasteiger partial charge in [-0.3, -0.25) is 19.3 Å². The predicted octanol–water partition coefficient (Wildman–Crippen LogP) is 2.01. The maximum atomic E-state index is 14.0. The van der Waals surface area contributed by atoms with Crippen molar-refractivity contribution in [3.8, 4) is 0 Å². The number of unbranched alkanes of at least 4 members (excludes halogenated alkanes) is 1. The molecule has 0 saturated heterocycles. The largest absolute Gasteiger partial charge is 0.464 e. The van der Waals surface area contributed by atoms with E-state index in [4.69, 9.17) is 4.74 Å². The number of carbonyl (C=O) groups excluding carboxylic acids is 3. The van der Waals surface area contributed by atoms with Crippen LogP contribution in [-0.2, 0) is 14.3 Å². The van der Waals surface area contributed by atoms with Crippen LogP contribution < -0.4 is 4.90 Å². The van der Waals surface area contributed by atoms with E-state index in [1.165, 1.54) is 12.1 Å². The molecule has 1 aliphatic rings. The summed E-state index contributed by atoms with van der Waals surface area (Å²) >= 11 is 0. The van der Waals surface area contributed by atoms with Gasteiger partial charge in [-0.25, -0.2) is 4.39 Å². The highest BCUT2D eigenvalue weighted by Gasteiger charge is 2.39. The quantitative estimate of drug-likeness (QED) is 0.473. The summed E-state index contributed by atoms with van der Waals surface area (Å²) in [5, 5.41) is 0. The highest BCUT2D eigenvalue weighted by atomic mass is 19.1. The Labute approximate surface area is 121 Å². The molecule has 0 saturated carbocycles. The summed E-state index contributed by atoms with van der Waals surface area (Å²) in [7, 11) is 0. The third-order valence-corrected chi connectivity index (χ3v) is 3.21. The maximum Gasteiger partial charge on any atom is 0.326 e. The first-order valence-corrected chi connectivity index (χ1v) is 6.77. The average molecular weight is 293 g/mol. The molecular formula is C15H16FNO4. The first kappa shape index (κ1) is 15.2. The number of esters is 1. The number of benzene rings is 1. The Morgan fingerprint density at radius 1 is 1.33 bits per heavy atom.